The molecule has 2 fully saturated rings. The van der Waals surface area contributed by atoms with Gasteiger partial charge >= 0.3 is 40.3 Å². The Morgan fingerprint density at radius 3 is 1.79 bits per heavy atom. The second kappa shape index (κ2) is 19.3. The summed E-state index contributed by atoms with van der Waals surface area (Å²) in [5.41, 5.74) is -1.92. The Kier molecular flexibility index (Phi) is 17.7. The molecule has 0 spiro atoms. The van der Waals surface area contributed by atoms with Crippen LogP contribution in [-0.2, 0) is 45.4 Å². The lowest BCUT2D eigenvalue weighted by molar-refractivity contribution is -0.280. The van der Waals surface area contributed by atoms with Crippen molar-refractivity contribution in [1.29, 1.82) is 0 Å². The number of phosphoric acid groups is 2. The molecule has 0 aliphatic carbocycles. The largest absolute Gasteiger partial charge is 0.481 e. The lowest BCUT2D eigenvalue weighted by Gasteiger charge is -2.39. The fourth-order valence-corrected chi connectivity index (χ4v) is 11.6. The van der Waals surface area contributed by atoms with Crippen LogP contribution in [0.4, 0.5) is 0 Å². The van der Waals surface area contributed by atoms with Crippen molar-refractivity contribution in [2.45, 2.75) is 79.8 Å². The third kappa shape index (κ3) is 12.2. The van der Waals surface area contributed by atoms with Crippen molar-refractivity contribution in [3.63, 3.8) is 0 Å². The zero-order chi connectivity index (χ0) is 40.9. The molecule has 0 amide bonds. The van der Waals surface area contributed by atoms with Crippen molar-refractivity contribution in [2.75, 3.05) is 32.8 Å². The van der Waals surface area contributed by atoms with Gasteiger partial charge in [0.2, 0.25) is 0 Å². The van der Waals surface area contributed by atoms with E-state index in [1.807, 2.05) is 4.98 Å². The third-order valence-electron chi connectivity index (χ3n) is 7.40. The Labute approximate surface area is 309 Å². The molecule has 13 atom stereocenters. The molecule has 2 saturated heterocycles. The van der Waals surface area contributed by atoms with E-state index < -0.39 is 114 Å². The van der Waals surface area contributed by atoms with E-state index in [1.165, 1.54) is 19.6 Å². The van der Waals surface area contributed by atoms with Crippen LogP contribution in [0.1, 0.15) is 27.0 Å². The number of aliphatic hydroxyl groups is 6. The summed E-state index contributed by atoms with van der Waals surface area (Å²) in [5, 5.41) is 58.9. The normalized spacial score (nSPS) is 32.5. The van der Waals surface area contributed by atoms with Gasteiger partial charge in [-0.25, -0.2) is 22.5 Å². The van der Waals surface area contributed by atoms with Crippen LogP contribution in [-0.4, -0.2) is 150 Å². The van der Waals surface area contributed by atoms with Gasteiger partial charge in [-0.2, -0.15) is 0 Å². The van der Waals surface area contributed by atoms with Crippen LogP contribution >= 0.6 is 54.0 Å². The molecule has 0 bridgehead atoms. The number of aromatic nitrogens is 2. The molecule has 3 heterocycles. The first-order chi connectivity index (χ1) is 24.2. The molecule has 1 aromatic heterocycles. The zero-order valence-electron chi connectivity index (χ0n) is 27.7. The number of alkyl halides is 2. The van der Waals surface area contributed by atoms with E-state index >= 15 is 0 Å². The number of rotatable bonds is 16. The standard InChI is InChI=1S/C16H26Cl2N2O22P4.C6H15N/c17-16(18,44(31,32)42-46(35,36)40-14-12(27)10(25)8(23)5(3-21)39-14)43(29,30)41-45(33,34)37-4-6-9(24)11(26)13(38-6)20-2-1-7(22)19-15(20)28;1-4-7(5-2)6-3/h1-2,5-6,8-14,21,23-27H,3-4H2,(H,29,30)(H,31,32)(H,33,34)(H,35,36)(H,19,22,28);4-6H2,1-3H3/t5-,6-,8-,9-,10+,11-,12-,13-,14-;/m1./s1. The molecule has 31 heteroatoms. The zero-order valence-corrected chi connectivity index (χ0v) is 32.8. The van der Waals surface area contributed by atoms with Crippen molar-refractivity contribution in [3.05, 3.63) is 33.1 Å². The topological polar surface area (TPSA) is 384 Å². The van der Waals surface area contributed by atoms with Crippen molar-refractivity contribution >= 4 is 54.0 Å². The second-order valence-corrected chi connectivity index (χ2v) is 20.7. The third-order valence-corrected chi connectivity index (χ3v) is 17.2. The van der Waals surface area contributed by atoms with Gasteiger partial charge in [-0.3, -0.25) is 32.5 Å². The number of nitrogens with zero attached hydrogens (tertiary/aromatic N) is 2. The van der Waals surface area contributed by atoms with E-state index in [1.54, 1.807) is 0 Å². The maximum atomic E-state index is 12.7. The molecule has 2 aliphatic rings. The molecule has 0 radical (unpaired) electrons. The van der Waals surface area contributed by atoms with Crippen molar-refractivity contribution in [1.82, 2.24) is 14.5 Å². The van der Waals surface area contributed by atoms with Crippen molar-refractivity contribution in [2.24, 2.45) is 0 Å². The van der Waals surface area contributed by atoms with E-state index in [9.17, 15) is 73.0 Å². The maximum absolute atomic E-state index is 12.7. The number of nitrogens with one attached hydrogen (secondary N) is 1. The second-order valence-electron chi connectivity index (χ2n) is 10.9. The summed E-state index contributed by atoms with van der Waals surface area (Å²) < 4.78 is 73.0. The number of aromatic amines is 1. The number of hydrogen-bond donors (Lipinski definition) is 11. The van der Waals surface area contributed by atoms with E-state index in [-0.39, 0.29) is 0 Å². The summed E-state index contributed by atoms with van der Waals surface area (Å²) >= 11 is 10.9. The summed E-state index contributed by atoms with van der Waals surface area (Å²) in [5.74, 6) is 0. The van der Waals surface area contributed by atoms with Crippen molar-refractivity contribution in [3.8, 4) is 0 Å². The molecule has 1 aromatic rings. The molecular formula is C22H41Cl2N3O22P4. The number of H-pyrrole nitrogens is 1. The molecular weight excluding hydrogens is 853 g/mol. The minimum atomic E-state index is -6.46. The minimum Gasteiger partial charge on any atom is -0.394 e. The van der Waals surface area contributed by atoms with Crippen molar-refractivity contribution < 1.29 is 95.6 Å². The van der Waals surface area contributed by atoms with Crippen LogP contribution < -0.4 is 11.2 Å². The van der Waals surface area contributed by atoms with Gasteiger partial charge in [-0.05, 0) is 19.6 Å². The average Bonchev–Trinajstić information content (AvgIpc) is 3.32. The summed E-state index contributed by atoms with van der Waals surface area (Å²) in [6.45, 7) is 7.83. The summed E-state index contributed by atoms with van der Waals surface area (Å²) in [6.07, 6.45) is -17.1. The Bertz CT molecular complexity index is 1670. The lowest BCUT2D eigenvalue weighted by Crippen LogP contribution is -2.58. The van der Waals surface area contributed by atoms with Gasteiger partial charge in [0, 0.05) is 12.3 Å². The van der Waals surface area contributed by atoms with Crippen LogP contribution in [0.25, 0.3) is 0 Å². The van der Waals surface area contributed by atoms with Gasteiger partial charge in [-0.1, -0.05) is 44.0 Å². The molecule has 0 saturated carbocycles. The number of ether oxygens (including phenoxy) is 2. The highest BCUT2D eigenvalue weighted by Gasteiger charge is 2.66. The van der Waals surface area contributed by atoms with Gasteiger partial charge in [0.15, 0.2) is 12.5 Å². The first-order valence-corrected chi connectivity index (χ1v) is 21.9. The van der Waals surface area contributed by atoms with Crippen LogP contribution in [0.3, 0.4) is 0 Å². The highest BCUT2D eigenvalue weighted by Crippen LogP contribution is 2.83. The predicted molar refractivity (Wildman–Crippen MR) is 177 cm³/mol. The van der Waals surface area contributed by atoms with E-state index in [2.05, 4.69) is 43.3 Å². The van der Waals surface area contributed by atoms with Crippen LogP contribution in [0.5, 0.6) is 0 Å². The molecule has 11 N–H and O–H groups in total. The van der Waals surface area contributed by atoms with Crippen LogP contribution in [0.2, 0.25) is 0 Å². The van der Waals surface area contributed by atoms with Crippen LogP contribution in [0, 0.1) is 0 Å². The Hall–Kier alpha value is -0.500. The molecule has 3 rings (SSSR count). The van der Waals surface area contributed by atoms with Gasteiger partial charge < -0.3 is 64.6 Å². The maximum Gasteiger partial charge on any atom is 0.481 e. The fourth-order valence-electron chi connectivity index (χ4n) is 4.43. The predicted octanol–water partition coefficient (Wildman–Crippen LogP) is -1.97. The molecule has 4 unspecified atom stereocenters. The number of halogens is 2. The Morgan fingerprint density at radius 1 is 0.811 bits per heavy atom. The first kappa shape index (κ1) is 48.6. The quantitative estimate of drug-likeness (QED) is 0.0633. The fraction of sp³-hybridized carbons (Fsp3) is 0.818. The van der Waals surface area contributed by atoms with E-state index in [0.29, 0.717) is 4.57 Å². The summed E-state index contributed by atoms with van der Waals surface area (Å²) in [4.78, 5) is 67.5. The average molecular weight is 894 g/mol. The summed E-state index contributed by atoms with van der Waals surface area (Å²) in [6, 6.07) is 0.855. The molecule has 310 valence electrons. The highest BCUT2D eigenvalue weighted by molar-refractivity contribution is 7.83. The number of aliphatic hydroxyl groups excluding tert-OH is 6. The first-order valence-electron chi connectivity index (χ1n) is 15.0. The molecule has 0 aromatic carbocycles. The van der Waals surface area contributed by atoms with E-state index in [0.717, 1.165) is 12.3 Å². The lowest BCUT2D eigenvalue weighted by atomic mass is 10.00. The summed E-state index contributed by atoms with van der Waals surface area (Å²) in [7, 11) is -24.9. The van der Waals surface area contributed by atoms with Crippen LogP contribution in [0.15, 0.2) is 21.9 Å². The SMILES string of the molecule is CCN(CC)CC.O=c1ccn([C@@H]2O[C@H](COP(=O)(O)OP(=O)(O)C(Cl)(Cl)P(=O)(O)OP(=O)(O)O[C@H]3O[C@H](CO)[C@@H](O)[C@H](O)[C@H]3O)[C@@H](O)[C@H]2O)c(=O)[nH]1. The number of phosphoric ester groups is 2. The Morgan fingerprint density at radius 2 is 1.32 bits per heavy atom. The monoisotopic (exact) mass is 893 g/mol. The molecule has 25 nitrogen and oxygen atoms in total. The Balaban J connectivity index is 0.00000126. The van der Waals surface area contributed by atoms with Gasteiger partial charge in [-0.15, -0.1) is 0 Å². The van der Waals surface area contributed by atoms with E-state index in [4.69, 9.17) is 37.8 Å². The van der Waals surface area contributed by atoms with Gasteiger partial charge in [0.1, 0.15) is 42.7 Å². The highest BCUT2D eigenvalue weighted by atomic mass is 35.5. The molecule has 53 heavy (non-hydrogen) atoms. The smallest absolute Gasteiger partial charge is 0.394 e. The molecule has 2 aliphatic heterocycles. The van der Waals surface area contributed by atoms with Gasteiger partial charge in [0.25, 0.3) is 5.56 Å². The number of hydrogen-bond acceptors (Lipinski definition) is 19. The minimum absolute atomic E-state index is 0.626. The van der Waals surface area contributed by atoms with Gasteiger partial charge in [0.05, 0.1) is 13.2 Å².